The zero-order chi connectivity index (χ0) is 24.4. The van der Waals surface area contributed by atoms with E-state index in [0.717, 1.165) is 48.0 Å². The van der Waals surface area contributed by atoms with Crippen LogP contribution in [0.4, 0.5) is 16.0 Å². The number of ether oxygens (including phenoxy) is 1. The maximum absolute atomic E-state index is 14.4. The third kappa shape index (κ3) is 4.81. The van der Waals surface area contributed by atoms with Crippen molar-refractivity contribution >= 4 is 28.6 Å². The maximum Gasteiger partial charge on any atom is 0.293 e. The predicted octanol–water partition coefficient (Wildman–Crippen LogP) is 5.59. The molecule has 180 valence electrons. The molecule has 2 heterocycles. The Labute approximate surface area is 202 Å². The molecule has 0 bridgehead atoms. The molecule has 0 radical (unpaired) electrons. The largest absolute Gasteiger partial charge is 0.457 e. The molecule has 1 aliphatic carbocycles. The zero-order valence-corrected chi connectivity index (χ0v) is 19.5. The molecule has 0 unspecified atom stereocenters. The lowest BCUT2D eigenvalue weighted by Crippen LogP contribution is -2.22. The fourth-order valence-electron chi connectivity index (χ4n) is 4.54. The van der Waals surface area contributed by atoms with Crippen LogP contribution in [-0.2, 0) is 11.9 Å². The number of carbonyl (C=O) groups excluding carboxylic acids is 1. The van der Waals surface area contributed by atoms with E-state index in [1.807, 2.05) is 35.9 Å². The van der Waals surface area contributed by atoms with Gasteiger partial charge in [0.2, 0.25) is 5.95 Å². The Hall–Kier alpha value is -3.98. The normalized spacial score (nSPS) is 13.8. The van der Waals surface area contributed by atoms with Crippen LogP contribution in [0.1, 0.15) is 47.7 Å². The number of nitrogens with zero attached hydrogens (tertiary/aromatic N) is 3. The minimum absolute atomic E-state index is 0.145. The molecule has 0 spiro atoms. The Morgan fingerprint density at radius 2 is 1.89 bits per heavy atom. The molecule has 2 N–H and O–H groups in total. The number of carbonyl (C=O) groups is 1. The molecule has 0 saturated heterocycles. The molecule has 1 fully saturated rings. The molecule has 9 heteroatoms. The highest BCUT2D eigenvalue weighted by Gasteiger charge is 2.21. The number of hydroxylamine groups is 1. The molecule has 2 aromatic heterocycles. The van der Waals surface area contributed by atoms with Crippen molar-refractivity contribution in [2.45, 2.75) is 31.6 Å². The molecule has 1 saturated carbocycles. The van der Waals surface area contributed by atoms with Gasteiger partial charge in [-0.3, -0.25) is 14.6 Å². The minimum Gasteiger partial charge on any atom is -0.457 e. The highest BCUT2D eigenvalue weighted by molar-refractivity contribution is 5.91. The van der Waals surface area contributed by atoms with Gasteiger partial charge < -0.3 is 14.6 Å². The van der Waals surface area contributed by atoms with E-state index < -0.39 is 5.91 Å². The van der Waals surface area contributed by atoms with Gasteiger partial charge in [0.15, 0.2) is 0 Å². The lowest BCUT2D eigenvalue weighted by Gasteiger charge is -2.13. The summed E-state index contributed by atoms with van der Waals surface area (Å²) in [5.41, 5.74) is 5.63. The Balaban J connectivity index is 1.37. The summed E-state index contributed by atoms with van der Waals surface area (Å²) in [5, 5.41) is 3.33. The summed E-state index contributed by atoms with van der Waals surface area (Å²) in [4.78, 5) is 25.3. The van der Waals surface area contributed by atoms with E-state index in [9.17, 15) is 9.18 Å². The fraction of sp³-hybridized carbons (Fsp3) is 0.269. The summed E-state index contributed by atoms with van der Waals surface area (Å²) in [5.74, 6) is 1.34. The number of aryl methyl sites for hydroxylation is 1. The summed E-state index contributed by atoms with van der Waals surface area (Å²) < 4.78 is 22.3. The van der Waals surface area contributed by atoms with Crippen molar-refractivity contribution in [2.24, 2.45) is 7.05 Å². The zero-order valence-electron chi connectivity index (χ0n) is 19.5. The first-order chi connectivity index (χ1) is 17.0. The number of fused-ring (bicyclic) bond motifs is 1. The van der Waals surface area contributed by atoms with E-state index in [1.54, 1.807) is 12.1 Å². The highest BCUT2D eigenvalue weighted by atomic mass is 19.1. The van der Waals surface area contributed by atoms with Gasteiger partial charge in [-0.15, -0.1) is 0 Å². The molecule has 2 aromatic carbocycles. The quantitative estimate of drug-likeness (QED) is 0.339. The van der Waals surface area contributed by atoms with Gasteiger partial charge in [-0.2, -0.15) is 0 Å². The third-order valence-corrected chi connectivity index (χ3v) is 6.29. The smallest absolute Gasteiger partial charge is 0.293 e. The lowest BCUT2D eigenvalue weighted by atomic mass is 9.96. The molecule has 0 aliphatic heterocycles. The van der Waals surface area contributed by atoms with Crippen molar-refractivity contribution in [3.05, 3.63) is 71.8 Å². The van der Waals surface area contributed by atoms with Crippen LogP contribution in [0.15, 0.2) is 54.7 Å². The van der Waals surface area contributed by atoms with Crippen LogP contribution in [0.5, 0.6) is 11.5 Å². The van der Waals surface area contributed by atoms with Gasteiger partial charge in [-0.1, -0.05) is 12.8 Å². The van der Waals surface area contributed by atoms with E-state index >= 15 is 0 Å². The Kier molecular flexibility index (Phi) is 6.33. The molecule has 35 heavy (non-hydrogen) atoms. The van der Waals surface area contributed by atoms with Crippen LogP contribution in [0.2, 0.25) is 0 Å². The topological polar surface area (TPSA) is 90.3 Å². The second-order valence-electron chi connectivity index (χ2n) is 8.60. The van der Waals surface area contributed by atoms with Gasteiger partial charge in [0.1, 0.15) is 23.0 Å². The number of imidazole rings is 1. The maximum atomic E-state index is 14.4. The van der Waals surface area contributed by atoms with Crippen LogP contribution in [-0.4, -0.2) is 27.6 Å². The molecule has 8 nitrogen and oxygen atoms in total. The van der Waals surface area contributed by atoms with Gasteiger partial charge in [0.25, 0.3) is 5.91 Å². The van der Waals surface area contributed by atoms with Crippen molar-refractivity contribution in [3.8, 4) is 11.5 Å². The van der Waals surface area contributed by atoms with E-state index in [0.29, 0.717) is 17.4 Å². The second kappa shape index (κ2) is 9.71. The number of halogens is 1. The predicted molar refractivity (Wildman–Crippen MR) is 130 cm³/mol. The van der Waals surface area contributed by atoms with Crippen LogP contribution in [0.3, 0.4) is 0 Å². The van der Waals surface area contributed by atoms with Crippen LogP contribution >= 0.6 is 0 Å². The summed E-state index contributed by atoms with van der Waals surface area (Å²) in [6.45, 7) is 0. The molecule has 1 amide bonds. The number of benzene rings is 2. The van der Waals surface area contributed by atoms with E-state index in [2.05, 4.69) is 20.6 Å². The lowest BCUT2D eigenvalue weighted by molar-refractivity contribution is 0.0532. The number of amides is 1. The second-order valence-corrected chi connectivity index (χ2v) is 8.60. The summed E-state index contributed by atoms with van der Waals surface area (Å²) in [6, 6.07) is 13.9. The average molecular weight is 476 g/mol. The van der Waals surface area contributed by atoms with Gasteiger partial charge in [0, 0.05) is 31.1 Å². The Morgan fingerprint density at radius 1 is 1.09 bits per heavy atom. The van der Waals surface area contributed by atoms with Crippen LogP contribution in [0.25, 0.3) is 11.0 Å². The standard InChI is InChI=1S/C26H26FN5O3/c1-32-24-10-8-18(35-19-11-12-28-23(15-19)25(33)31-34-2)14-22(24)30-26(32)29-17-7-9-21(27)20(13-17)16-5-3-4-6-16/h7-16H,3-6H2,1-2H3,(H,29,30)(H,31,33). The number of rotatable bonds is 7. The van der Waals surface area contributed by atoms with Crippen LogP contribution in [0, 0.1) is 5.82 Å². The third-order valence-electron chi connectivity index (χ3n) is 6.29. The number of anilines is 2. The molecule has 0 atom stereocenters. The molecule has 1 aliphatic rings. The molecular formula is C26H26FN5O3. The van der Waals surface area contributed by atoms with Crippen molar-refractivity contribution in [1.29, 1.82) is 0 Å². The number of nitrogens with one attached hydrogen (secondary N) is 2. The van der Waals surface area contributed by atoms with Gasteiger partial charge >= 0.3 is 0 Å². The van der Waals surface area contributed by atoms with Crippen molar-refractivity contribution < 1.29 is 18.8 Å². The van der Waals surface area contributed by atoms with E-state index in [1.165, 1.54) is 25.4 Å². The first kappa shape index (κ1) is 22.8. The monoisotopic (exact) mass is 475 g/mol. The fourth-order valence-corrected chi connectivity index (χ4v) is 4.54. The molecule has 4 aromatic rings. The SMILES string of the molecule is CONC(=O)c1cc(Oc2ccc3c(c2)nc(Nc2ccc(F)c(C4CCCC4)c2)n3C)ccn1. The summed E-state index contributed by atoms with van der Waals surface area (Å²) >= 11 is 0. The highest BCUT2D eigenvalue weighted by Crippen LogP contribution is 2.37. The molecular weight excluding hydrogens is 449 g/mol. The Bertz CT molecular complexity index is 1380. The van der Waals surface area contributed by atoms with E-state index in [-0.39, 0.29) is 17.4 Å². The number of pyridine rings is 1. The van der Waals surface area contributed by atoms with Gasteiger partial charge in [-0.25, -0.2) is 14.9 Å². The summed E-state index contributed by atoms with van der Waals surface area (Å²) in [6.07, 6.45) is 5.86. The van der Waals surface area contributed by atoms with Crippen LogP contribution < -0.4 is 15.5 Å². The Morgan fingerprint density at radius 3 is 2.69 bits per heavy atom. The van der Waals surface area contributed by atoms with Crippen molar-refractivity contribution in [1.82, 2.24) is 20.0 Å². The first-order valence-electron chi connectivity index (χ1n) is 11.5. The average Bonchev–Trinajstić information content (AvgIpc) is 3.49. The number of hydrogen-bond acceptors (Lipinski definition) is 6. The van der Waals surface area contributed by atoms with Crippen molar-refractivity contribution in [2.75, 3.05) is 12.4 Å². The number of hydrogen-bond donors (Lipinski definition) is 2. The van der Waals surface area contributed by atoms with Crippen molar-refractivity contribution in [3.63, 3.8) is 0 Å². The minimum atomic E-state index is -0.467. The van der Waals surface area contributed by atoms with Gasteiger partial charge in [0.05, 0.1) is 18.1 Å². The number of aromatic nitrogens is 3. The van der Waals surface area contributed by atoms with Gasteiger partial charge in [-0.05, 0) is 60.7 Å². The summed E-state index contributed by atoms with van der Waals surface area (Å²) in [7, 11) is 3.28. The van der Waals surface area contributed by atoms with E-state index in [4.69, 9.17) is 9.72 Å². The molecule has 5 rings (SSSR count). The first-order valence-corrected chi connectivity index (χ1v) is 11.5.